The van der Waals surface area contributed by atoms with Crippen molar-refractivity contribution in [2.45, 2.75) is 5.92 Å². The van der Waals surface area contributed by atoms with Crippen LogP contribution in [-0.2, 0) is 10.0 Å². The summed E-state index contributed by atoms with van der Waals surface area (Å²) in [4.78, 5) is 12.2. The lowest BCUT2D eigenvalue weighted by molar-refractivity contribution is 0.218. The highest BCUT2D eigenvalue weighted by Gasteiger charge is 2.37. The van der Waals surface area contributed by atoms with Crippen molar-refractivity contribution in [3.63, 3.8) is 0 Å². The first-order chi connectivity index (χ1) is 9.04. The number of sulfonamides is 1. The van der Waals surface area contributed by atoms with Gasteiger partial charge in [-0.05, 0) is 0 Å². The Hall–Kier alpha value is -1.87. The van der Waals surface area contributed by atoms with Crippen molar-refractivity contribution in [1.82, 2.24) is 24.4 Å². The van der Waals surface area contributed by atoms with Crippen LogP contribution in [0, 0.1) is 0 Å². The van der Waals surface area contributed by atoms with E-state index in [0.29, 0.717) is 30.5 Å². The van der Waals surface area contributed by atoms with E-state index in [4.69, 9.17) is 4.52 Å². The Morgan fingerprint density at radius 2 is 2.16 bits per heavy atom. The summed E-state index contributed by atoms with van der Waals surface area (Å²) in [7, 11) is -3.13. The van der Waals surface area contributed by atoms with Crippen LogP contribution in [-0.4, -0.2) is 52.2 Å². The largest absolute Gasteiger partial charge is 0.339 e. The second kappa shape index (κ2) is 4.35. The molecule has 0 bridgehead atoms. The minimum atomic E-state index is -3.13. The molecule has 0 amide bonds. The molecule has 0 aliphatic carbocycles. The molecule has 8 nitrogen and oxygen atoms in total. The fraction of sp³-hybridized carbons (Fsp3) is 0.400. The maximum atomic E-state index is 11.3. The molecular weight excluding hydrogens is 270 g/mol. The molecule has 19 heavy (non-hydrogen) atoms. The van der Waals surface area contributed by atoms with E-state index in [1.54, 1.807) is 12.4 Å². The van der Waals surface area contributed by atoms with Crippen LogP contribution >= 0.6 is 0 Å². The average molecular weight is 281 g/mol. The summed E-state index contributed by atoms with van der Waals surface area (Å²) in [5.41, 5.74) is 0.525. The van der Waals surface area contributed by atoms with Crippen molar-refractivity contribution in [3.8, 4) is 11.5 Å². The summed E-state index contributed by atoms with van der Waals surface area (Å²) >= 11 is 0. The van der Waals surface area contributed by atoms with Gasteiger partial charge in [0.15, 0.2) is 0 Å². The summed E-state index contributed by atoms with van der Waals surface area (Å²) in [6.07, 6.45) is 5.82. The molecule has 0 atom stereocenters. The summed E-state index contributed by atoms with van der Waals surface area (Å²) in [6.45, 7) is 0.752. The van der Waals surface area contributed by atoms with E-state index >= 15 is 0 Å². The lowest BCUT2D eigenvalue weighted by atomic mass is 10.0. The van der Waals surface area contributed by atoms with Crippen LogP contribution in [0.15, 0.2) is 23.1 Å². The molecule has 9 heteroatoms. The van der Waals surface area contributed by atoms with E-state index in [0.717, 1.165) is 0 Å². The molecule has 1 aliphatic heterocycles. The predicted molar refractivity (Wildman–Crippen MR) is 64.5 cm³/mol. The summed E-state index contributed by atoms with van der Waals surface area (Å²) < 4.78 is 29.0. The van der Waals surface area contributed by atoms with Gasteiger partial charge in [0.25, 0.3) is 0 Å². The van der Waals surface area contributed by atoms with E-state index in [9.17, 15) is 8.42 Å². The van der Waals surface area contributed by atoms with Crippen molar-refractivity contribution < 1.29 is 12.9 Å². The Morgan fingerprint density at radius 1 is 1.37 bits per heavy atom. The fourth-order valence-electron chi connectivity index (χ4n) is 1.78. The molecule has 2 aromatic heterocycles. The number of hydrogen-bond acceptors (Lipinski definition) is 7. The summed E-state index contributed by atoms with van der Waals surface area (Å²) in [6, 6.07) is 0. The van der Waals surface area contributed by atoms with Gasteiger partial charge >= 0.3 is 0 Å². The maximum absolute atomic E-state index is 11.3. The number of aromatic nitrogens is 4. The molecule has 0 saturated carbocycles. The normalized spacial score (nSPS) is 17.3. The molecular formula is C10H11N5O3S. The van der Waals surface area contributed by atoms with Gasteiger partial charge in [-0.25, -0.2) is 17.7 Å². The molecule has 0 N–H and O–H groups in total. The SMILES string of the molecule is CS(=O)(=O)N1CC(c2nc(-c3cnccn3)no2)C1. The highest BCUT2D eigenvalue weighted by molar-refractivity contribution is 7.88. The standard InChI is InChI=1S/C10H11N5O3S/c1-19(16,17)15-5-7(6-15)10-13-9(14-18-10)8-4-11-2-3-12-8/h2-4,7H,5-6H2,1H3. The van der Waals surface area contributed by atoms with E-state index in [2.05, 4.69) is 20.1 Å². The molecule has 0 aromatic carbocycles. The fourth-order valence-corrected chi connectivity index (χ4v) is 2.69. The van der Waals surface area contributed by atoms with Gasteiger partial charge in [0.1, 0.15) is 5.69 Å². The molecule has 3 rings (SSSR count). The lowest BCUT2D eigenvalue weighted by Crippen LogP contribution is -2.47. The molecule has 3 heterocycles. The Kier molecular flexibility index (Phi) is 2.79. The van der Waals surface area contributed by atoms with Crippen molar-refractivity contribution in [1.29, 1.82) is 0 Å². The highest BCUT2D eigenvalue weighted by atomic mass is 32.2. The molecule has 0 spiro atoms. The summed E-state index contributed by atoms with van der Waals surface area (Å²) in [5.74, 6) is 0.745. The van der Waals surface area contributed by atoms with Gasteiger partial charge in [0.05, 0.1) is 18.4 Å². The van der Waals surface area contributed by atoms with Gasteiger partial charge < -0.3 is 4.52 Å². The first kappa shape index (κ1) is 12.2. The van der Waals surface area contributed by atoms with Crippen molar-refractivity contribution in [3.05, 3.63) is 24.5 Å². The Labute approximate surface area is 109 Å². The minimum absolute atomic E-state index is 0.0485. The zero-order valence-corrected chi connectivity index (χ0v) is 10.9. The maximum Gasteiger partial charge on any atom is 0.232 e. The molecule has 1 fully saturated rings. The first-order valence-corrected chi connectivity index (χ1v) is 7.44. The lowest BCUT2D eigenvalue weighted by Gasteiger charge is -2.34. The zero-order chi connectivity index (χ0) is 13.5. The van der Waals surface area contributed by atoms with E-state index in [1.165, 1.54) is 16.8 Å². The van der Waals surface area contributed by atoms with Gasteiger partial charge in [-0.15, -0.1) is 0 Å². The third-order valence-electron chi connectivity index (χ3n) is 2.90. The predicted octanol–water partition coefficient (Wildman–Crippen LogP) is -0.115. The quantitative estimate of drug-likeness (QED) is 0.773. The molecule has 0 radical (unpaired) electrons. The summed E-state index contributed by atoms with van der Waals surface area (Å²) in [5, 5.41) is 3.82. The molecule has 0 unspecified atom stereocenters. The average Bonchev–Trinajstić information content (AvgIpc) is 2.75. The van der Waals surface area contributed by atoms with Gasteiger partial charge in [0.2, 0.25) is 21.7 Å². The van der Waals surface area contributed by atoms with Gasteiger partial charge in [0, 0.05) is 25.5 Å². The van der Waals surface area contributed by atoms with Gasteiger partial charge in [-0.2, -0.15) is 4.98 Å². The van der Waals surface area contributed by atoms with Gasteiger partial charge in [-0.1, -0.05) is 5.16 Å². The molecule has 2 aromatic rings. The smallest absolute Gasteiger partial charge is 0.232 e. The highest BCUT2D eigenvalue weighted by Crippen LogP contribution is 2.28. The first-order valence-electron chi connectivity index (χ1n) is 5.59. The molecule has 1 saturated heterocycles. The van der Waals surface area contributed by atoms with Crippen LogP contribution in [0.5, 0.6) is 0 Å². The monoisotopic (exact) mass is 281 g/mol. The third kappa shape index (κ3) is 2.34. The van der Waals surface area contributed by atoms with Crippen LogP contribution in [0.3, 0.4) is 0 Å². The van der Waals surface area contributed by atoms with Crippen molar-refractivity contribution >= 4 is 10.0 Å². The van der Waals surface area contributed by atoms with Crippen LogP contribution in [0.1, 0.15) is 11.8 Å². The third-order valence-corrected chi connectivity index (χ3v) is 4.14. The molecule has 100 valence electrons. The van der Waals surface area contributed by atoms with Gasteiger partial charge in [-0.3, -0.25) is 4.98 Å². The van der Waals surface area contributed by atoms with Crippen LogP contribution in [0.2, 0.25) is 0 Å². The van der Waals surface area contributed by atoms with E-state index in [1.807, 2.05) is 0 Å². The topological polar surface area (TPSA) is 102 Å². The Balaban J connectivity index is 1.74. The van der Waals surface area contributed by atoms with E-state index in [-0.39, 0.29) is 5.92 Å². The molecule has 1 aliphatic rings. The van der Waals surface area contributed by atoms with Crippen LogP contribution in [0.4, 0.5) is 0 Å². The van der Waals surface area contributed by atoms with Crippen LogP contribution in [0.25, 0.3) is 11.5 Å². The zero-order valence-electron chi connectivity index (χ0n) is 10.1. The number of hydrogen-bond donors (Lipinski definition) is 0. The second-order valence-electron chi connectivity index (χ2n) is 4.32. The Bertz CT molecular complexity index is 678. The van der Waals surface area contributed by atoms with E-state index < -0.39 is 10.0 Å². The number of nitrogens with zero attached hydrogens (tertiary/aromatic N) is 5. The second-order valence-corrected chi connectivity index (χ2v) is 6.31. The van der Waals surface area contributed by atoms with Crippen molar-refractivity contribution in [2.75, 3.05) is 19.3 Å². The van der Waals surface area contributed by atoms with Crippen molar-refractivity contribution in [2.24, 2.45) is 0 Å². The Morgan fingerprint density at radius 3 is 2.79 bits per heavy atom. The minimum Gasteiger partial charge on any atom is -0.339 e. The number of rotatable bonds is 3. The van der Waals surface area contributed by atoms with Crippen LogP contribution < -0.4 is 0 Å².